The normalized spacial score (nSPS) is 10.8. The van der Waals surface area contributed by atoms with Crippen LogP contribution in [0.1, 0.15) is 26.2 Å². The Balaban J connectivity index is 2.20. The third-order valence-corrected chi connectivity index (χ3v) is 1.95. The van der Waals surface area contributed by atoms with E-state index in [9.17, 15) is 4.39 Å². The number of allylic oxidation sites excluding steroid dienone is 2. The van der Waals surface area contributed by atoms with Gasteiger partial charge < -0.3 is 4.74 Å². The lowest BCUT2D eigenvalue weighted by Crippen LogP contribution is -1.98. The van der Waals surface area contributed by atoms with Crippen LogP contribution in [0.4, 0.5) is 4.39 Å². The Kier molecular flexibility index (Phi) is 5.52. The molecule has 1 nitrogen and oxygen atoms in total. The summed E-state index contributed by atoms with van der Waals surface area (Å²) in [6.07, 6.45) is 7.19. The van der Waals surface area contributed by atoms with Crippen molar-refractivity contribution in [1.29, 1.82) is 0 Å². The van der Waals surface area contributed by atoms with Crippen molar-refractivity contribution in [2.24, 2.45) is 0 Å². The molecular formula is C13H16FO. The highest BCUT2D eigenvalue weighted by Crippen LogP contribution is 2.15. The van der Waals surface area contributed by atoms with Crippen molar-refractivity contribution in [3.63, 3.8) is 0 Å². The second kappa shape index (κ2) is 7.04. The molecule has 0 fully saturated rings. The minimum absolute atomic E-state index is 0.289. The average Bonchev–Trinajstić information content (AvgIpc) is 2.25. The maximum absolute atomic E-state index is 13.0. The van der Waals surface area contributed by atoms with Crippen LogP contribution in [0.25, 0.3) is 0 Å². The van der Waals surface area contributed by atoms with Gasteiger partial charge in [0.25, 0.3) is 0 Å². The maximum atomic E-state index is 13.0. The van der Waals surface area contributed by atoms with E-state index in [-0.39, 0.29) is 5.75 Å². The molecule has 0 saturated carbocycles. The van der Waals surface area contributed by atoms with Crippen LogP contribution in [0, 0.1) is 11.9 Å². The number of hydrogen-bond acceptors (Lipinski definition) is 1. The largest absolute Gasteiger partial charge is 0.490 e. The molecule has 2 heteroatoms. The second-order valence-electron chi connectivity index (χ2n) is 3.22. The summed E-state index contributed by atoms with van der Waals surface area (Å²) in [7, 11) is 0. The Hall–Kier alpha value is -1.31. The van der Waals surface area contributed by atoms with Gasteiger partial charge in [0.2, 0.25) is 0 Å². The van der Waals surface area contributed by atoms with Crippen LogP contribution in [-0.4, -0.2) is 6.61 Å². The summed E-state index contributed by atoms with van der Waals surface area (Å²) < 4.78 is 18.3. The number of ether oxygens (including phenoxy) is 1. The van der Waals surface area contributed by atoms with E-state index in [2.05, 4.69) is 25.1 Å². The molecule has 0 aliphatic carbocycles. The van der Waals surface area contributed by atoms with Crippen molar-refractivity contribution in [3.05, 3.63) is 42.2 Å². The van der Waals surface area contributed by atoms with E-state index in [4.69, 9.17) is 4.74 Å². The van der Waals surface area contributed by atoms with E-state index >= 15 is 0 Å². The lowest BCUT2D eigenvalue weighted by Gasteiger charge is -2.05. The zero-order valence-electron chi connectivity index (χ0n) is 9.00. The van der Waals surface area contributed by atoms with Crippen molar-refractivity contribution in [3.8, 4) is 5.75 Å². The van der Waals surface area contributed by atoms with Crippen LogP contribution in [-0.2, 0) is 0 Å². The van der Waals surface area contributed by atoms with Crippen molar-refractivity contribution in [2.45, 2.75) is 26.2 Å². The Morgan fingerprint density at radius 1 is 1.47 bits per heavy atom. The Bertz CT molecular complexity index is 307. The molecule has 1 rings (SSSR count). The van der Waals surface area contributed by atoms with Gasteiger partial charge in [0.15, 0.2) is 11.6 Å². The van der Waals surface area contributed by atoms with E-state index in [1.54, 1.807) is 12.1 Å². The first-order valence-corrected chi connectivity index (χ1v) is 5.28. The monoisotopic (exact) mass is 207 g/mol. The third kappa shape index (κ3) is 4.63. The predicted molar refractivity (Wildman–Crippen MR) is 59.4 cm³/mol. The average molecular weight is 207 g/mol. The van der Waals surface area contributed by atoms with Crippen LogP contribution in [0.5, 0.6) is 5.75 Å². The van der Waals surface area contributed by atoms with Gasteiger partial charge in [-0.2, -0.15) is 0 Å². The number of benzene rings is 1. The zero-order valence-corrected chi connectivity index (χ0v) is 9.00. The number of rotatable bonds is 6. The summed E-state index contributed by atoms with van der Waals surface area (Å²) in [6.45, 7) is 2.64. The van der Waals surface area contributed by atoms with Crippen LogP contribution in [0.3, 0.4) is 0 Å². The Morgan fingerprint density at radius 3 is 3.07 bits per heavy atom. The molecular weight excluding hydrogens is 191 g/mol. The fraction of sp³-hybridized carbons (Fsp3) is 0.385. The molecule has 15 heavy (non-hydrogen) atoms. The minimum atomic E-state index is -0.415. The second-order valence-corrected chi connectivity index (χ2v) is 3.22. The summed E-state index contributed by atoms with van der Waals surface area (Å²) in [6, 6.07) is 7.33. The molecule has 1 aromatic carbocycles. The number of halogens is 1. The lowest BCUT2D eigenvalue weighted by atomic mass is 10.3. The van der Waals surface area contributed by atoms with E-state index in [1.165, 1.54) is 6.07 Å². The first-order chi connectivity index (χ1) is 7.34. The molecule has 0 atom stereocenters. The summed E-state index contributed by atoms with van der Waals surface area (Å²) >= 11 is 0. The molecule has 0 heterocycles. The molecule has 81 valence electrons. The molecule has 0 N–H and O–H groups in total. The van der Waals surface area contributed by atoms with Crippen molar-refractivity contribution in [1.82, 2.24) is 0 Å². The van der Waals surface area contributed by atoms with Gasteiger partial charge >= 0.3 is 0 Å². The maximum Gasteiger partial charge on any atom is 0.172 e. The zero-order chi connectivity index (χ0) is 10.9. The molecule has 0 unspecified atom stereocenters. The Labute approximate surface area is 90.6 Å². The van der Waals surface area contributed by atoms with E-state index < -0.39 is 5.82 Å². The predicted octanol–water partition coefficient (Wildman–Crippen LogP) is 3.75. The number of hydrogen-bond donors (Lipinski definition) is 0. The fourth-order valence-electron chi connectivity index (χ4n) is 1.18. The fourth-order valence-corrected chi connectivity index (χ4v) is 1.18. The van der Waals surface area contributed by atoms with Gasteiger partial charge in [-0.3, -0.25) is 0 Å². The van der Waals surface area contributed by atoms with Gasteiger partial charge in [-0.05, 0) is 25.3 Å². The quantitative estimate of drug-likeness (QED) is 0.510. The highest BCUT2D eigenvalue weighted by molar-refractivity contribution is 5.22. The molecule has 0 saturated heterocycles. The van der Waals surface area contributed by atoms with Gasteiger partial charge in [0, 0.05) is 6.07 Å². The molecule has 0 aliphatic rings. The van der Waals surface area contributed by atoms with Gasteiger partial charge in [-0.15, -0.1) is 0 Å². The van der Waals surface area contributed by atoms with E-state index in [0.29, 0.717) is 6.61 Å². The lowest BCUT2D eigenvalue weighted by molar-refractivity contribution is 0.296. The van der Waals surface area contributed by atoms with Crippen LogP contribution in [0.2, 0.25) is 0 Å². The van der Waals surface area contributed by atoms with Crippen LogP contribution >= 0.6 is 0 Å². The molecule has 0 aliphatic heterocycles. The summed E-state index contributed by atoms with van der Waals surface area (Å²) in [5, 5.41) is 0. The Morgan fingerprint density at radius 2 is 2.33 bits per heavy atom. The smallest absolute Gasteiger partial charge is 0.172 e. The van der Waals surface area contributed by atoms with Crippen LogP contribution < -0.4 is 4.74 Å². The van der Waals surface area contributed by atoms with Crippen molar-refractivity contribution >= 4 is 0 Å². The van der Waals surface area contributed by atoms with Gasteiger partial charge in [0.05, 0.1) is 6.61 Å². The summed E-state index contributed by atoms with van der Waals surface area (Å²) in [4.78, 5) is 0. The van der Waals surface area contributed by atoms with Gasteiger partial charge in [-0.25, -0.2) is 4.39 Å². The van der Waals surface area contributed by atoms with Crippen molar-refractivity contribution < 1.29 is 9.13 Å². The highest BCUT2D eigenvalue weighted by Gasteiger charge is 2.00. The van der Waals surface area contributed by atoms with E-state index in [0.717, 1.165) is 19.3 Å². The molecule has 0 aromatic heterocycles. The molecule has 0 amide bonds. The first-order valence-electron chi connectivity index (χ1n) is 5.28. The number of unbranched alkanes of at least 4 members (excludes halogenated alkanes) is 1. The standard InChI is InChI=1S/C13H16FO/c1-2-3-4-5-8-11-15-13-10-7-6-9-12(13)14/h3-4,6-7,10H,2,5,8,11H2,1H3/b4-3+. The van der Waals surface area contributed by atoms with Crippen LogP contribution in [0.15, 0.2) is 30.4 Å². The van der Waals surface area contributed by atoms with Gasteiger partial charge in [-0.1, -0.05) is 31.2 Å². The molecule has 0 bridgehead atoms. The van der Waals surface area contributed by atoms with Crippen molar-refractivity contribution in [2.75, 3.05) is 6.61 Å². The molecule has 1 radical (unpaired) electrons. The van der Waals surface area contributed by atoms with E-state index in [1.807, 2.05) is 0 Å². The molecule has 1 aromatic rings. The first kappa shape index (κ1) is 11.8. The SMILES string of the molecule is CC/C=C/CCCOc1ccc[c]c1F. The minimum Gasteiger partial charge on any atom is -0.490 e. The third-order valence-electron chi connectivity index (χ3n) is 1.95. The topological polar surface area (TPSA) is 9.23 Å². The summed E-state index contributed by atoms with van der Waals surface area (Å²) in [5.41, 5.74) is 0. The summed E-state index contributed by atoms with van der Waals surface area (Å²) in [5.74, 6) is -0.126. The molecule has 0 spiro atoms. The van der Waals surface area contributed by atoms with Gasteiger partial charge in [0.1, 0.15) is 0 Å². The highest BCUT2D eigenvalue weighted by atomic mass is 19.1.